The van der Waals surface area contributed by atoms with E-state index in [0.29, 0.717) is 24.6 Å². The molecule has 1 heterocycles. The second kappa shape index (κ2) is 6.03. The monoisotopic (exact) mass is 264 g/mol. The number of nitro groups is 1. The molecule has 0 saturated carbocycles. The van der Waals surface area contributed by atoms with Gasteiger partial charge in [-0.25, -0.2) is 0 Å². The molecule has 0 fully saturated rings. The minimum absolute atomic E-state index is 0.0248. The van der Waals surface area contributed by atoms with Crippen LogP contribution in [0, 0.1) is 10.1 Å². The van der Waals surface area contributed by atoms with Crippen LogP contribution in [0.3, 0.4) is 0 Å². The van der Waals surface area contributed by atoms with Crippen LogP contribution in [0.25, 0.3) is 11.4 Å². The topological polar surface area (TPSA) is 117 Å². The SMILES string of the molecule is NCCOCc1nc(-c2cccc([N+](=O)[O-])c2)no1. The molecule has 0 aliphatic heterocycles. The van der Waals surface area contributed by atoms with Crippen LogP contribution in [-0.2, 0) is 11.3 Å². The van der Waals surface area contributed by atoms with Crippen LogP contribution in [0.15, 0.2) is 28.8 Å². The first-order valence-corrected chi connectivity index (χ1v) is 5.56. The summed E-state index contributed by atoms with van der Waals surface area (Å²) in [6.45, 7) is 0.972. The molecule has 0 aliphatic carbocycles. The molecule has 0 amide bonds. The highest BCUT2D eigenvalue weighted by atomic mass is 16.6. The maximum absolute atomic E-state index is 10.7. The van der Waals surface area contributed by atoms with E-state index in [-0.39, 0.29) is 18.1 Å². The summed E-state index contributed by atoms with van der Waals surface area (Å²) in [6, 6.07) is 6.01. The third-order valence-electron chi connectivity index (χ3n) is 2.27. The van der Waals surface area contributed by atoms with Crippen molar-refractivity contribution in [1.29, 1.82) is 0 Å². The van der Waals surface area contributed by atoms with Crippen LogP contribution in [0.4, 0.5) is 5.69 Å². The molecule has 2 N–H and O–H groups in total. The highest BCUT2D eigenvalue weighted by Gasteiger charge is 2.12. The molecule has 2 aromatic rings. The Labute approximate surface area is 108 Å². The Morgan fingerprint density at radius 3 is 3.05 bits per heavy atom. The van der Waals surface area contributed by atoms with Gasteiger partial charge in [-0.1, -0.05) is 17.3 Å². The fraction of sp³-hybridized carbons (Fsp3) is 0.273. The van der Waals surface area contributed by atoms with Crippen LogP contribution in [-0.4, -0.2) is 28.2 Å². The van der Waals surface area contributed by atoms with E-state index in [1.54, 1.807) is 12.1 Å². The molecule has 2 rings (SSSR count). The number of aromatic nitrogens is 2. The third kappa shape index (κ3) is 3.33. The fourth-order valence-electron chi connectivity index (χ4n) is 1.43. The average molecular weight is 264 g/mol. The third-order valence-corrected chi connectivity index (χ3v) is 2.27. The van der Waals surface area contributed by atoms with Gasteiger partial charge < -0.3 is 15.0 Å². The summed E-state index contributed by atoms with van der Waals surface area (Å²) in [6.07, 6.45) is 0. The molecule has 0 saturated heterocycles. The summed E-state index contributed by atoms with van der Waals surface area (Å²) in [5.74, 6) is 0.588. The average Bonchev–Trinajstić information content (AvgIpc) is 2.88. The molecule has 0 radical (unpaired) electrons. The van der Waals surface area contributed by atoms with E-state index < -0.39 is 4.92 Å². The molecule has 1 aromatic heterocycles. The number of rotatable bonds is 6. The van der Waals surface area contributed by atoms with Gasteiger partial charge in [-0.3, -0.25) is 10.1 Å². The lowest BCUT2D eigenvalue weighted by molar-refractivity contribution is -0.384. The minimum Gasteiger partial charge on any atom is -0.370 e. The van der Waals surface area contributed by atoms with E-state index in [4.69, 9.17) is 15.0 Å². The minimum atomic E-state index is -0.477. The van der Waals surface area contributed by atoms with E-state index in [1.807, 2.05) is 0 Å². The van der Waals surface area contributed by atoms with Crippen molar-refractivity contribution in [3.8, 4) is 11.4 Å². The lowest BCUT2D eigenvalue weighted by Gasteiger charge is -1.96. The van der Waals surface area contributed by atoms with Gasteiger partial charge in [0.15, 0.2) is 0 Å². The van der Waals surface area contributed by atoms with Crippen LogP contribution in [0.1, 0.15) is 5.89 Å². The zero-order valence-electron chi connectivity index (χ0n) is 9.98. The van der Waals surface area contributed by atoms with E-state index in [2.05, 4.69) is 10.1 Å². The first kappa shape index (κ1) is 13.1. The number of hydrogen-bond acceptors (Lipinski definition) is 7. The van der Waals surface area contributed by atoms with Crippen LogP contribution in [0.5, 0.6) is 0 Å². The van der Waals surface area contributed by atoms with E-state index in [0.717, 1.165) is 0 Å². The maximum atomic E-state index is 10.7. The Hall–Kier alpha value is -2.32. The summed E-state index contributed by atoms with van der Waals surface area (Å²) in [5, 5.41) is 14.4. The maximum Gasteiger partial charge on any atom is 0.270 e. The molecule has 0 bridgehead atoms. The Bertz CT molecular complexity index is 569. The number of non-ortho nitro benzene ring substituents is 1. The summed E-state index contributed by atoms with van der Waals surface area (Å²) < 4.78 is 10.1. The lowest BCUT2D eigenvalue weighted by Crippen LogP contribution is -2.08. The van der Waals surface area contributed by atoms with Gasteiger partial charge in [0.05, 0.1) is 11.5 Å². The van der Waals surface area contributed by atoms with Gasteiger partial charge in [-0.05, 0) is 0 Å². The largest absolute Gasteiger partial charge is 0.370 e. The Morgan fingerprint density at radius 1 is 1.47 bits per heavy atom. The molecule has 0 unspecified atom stereocenters. The van der Waals surface area contributed by atoms with Crippen molar-refractivity contribution in [2.24, 2.45) is 5.73 Å². The van der Waals surface area contributed by atoms with Gasteiger partial charge in [0.1, 0.15) is 6.61 Å². The fourth-order valence-corrected chi connectivity index (χ4v) is 1.43. The van der Waals surface area contributed by atoms with Gasteiger partial charge in [0.25, 0.3) is 11.6 Å². The molecular weight excluding hydrogens is 252 g/mol. The van der Waals surface area contributed by atoms with Gasteiger partial charge in [0.2, 0.25) is 5.82 Å². The number of nitrogens with zero attached hydrogens (tertiary/aromatic N) is 3. The zero-order chi connectivity index (χ0) is 13.7. The van der Waals surface area contributed by atoms with Crippen molar-refractivity contribution in [1.82, 2.24) is 10.1 Å². The first-order valence-electron chi connectivity index (χ1n) is 5.56. The van der Waals surface area contributed by atoms with E-state index >= 15 is 0 Å². The molecule has 8 heteroatoms. The molecule has 0 aliphatic rings. The normalized spacial score (nSPS) is 10.6. The van der Waals surface area contributed by atoms with Crippen molar-refractivity contribution in [3.05, 3.63) is 40.3 Å². The standard InChI is InChI=1S/C11H12N4O4/c12-4-5-18-7-10-13-11(14-19-10)8-2-1-3-9(6-8)15(16)17/h1-3,6H,4-5,7,12H2. The Kier molecular flexibility index (Phi) is 4.16. The zero-order valence-corrected chi connectivity index (χ0v) is 9.98. The highest BCUT2D eigenvalue weighted by molar-refractivity contribution is 5.58. The number of benzene rings is 1. The van der Waals surface area contributed by atoms with Crippen LogP contribution >= 0.6 is 0 Å². The Morgan fingerprint density at radius 2 is 2.32 bits per heavy atom. The lowest BCUT2D eigenvalue weighted by atomic mass is 10.2. The molecule has 1 aromatic carbocycles. The van der Waals surface area contributed by atoms with Crippen LogP contribution in [0.2, 0.25) is 0 Å². The second-order valence-corrected chi connectivity index (χ2v) is 3.66. The summed E-state index contributed by atoms with van der Waals surface area (Å²) >= 11 is 0. The van der Waals surface area contributed by atoms with Crippen LogP contribution < -0.4 is 5.73 Å². The highest BCUT2D eigenvalue weighted by Crippen LogP contribution is 2.21. The number of ether oxygens (including phenoxy) is 1. The van der Waals surface area contributed by atoms with Crippen molar-refractivity contribution in [2.45, 2.75) is 6.61 Å². The molecule has 8 nitrogen and oxygen atoms in total. The number of nitrogens with two attached hydrogens (primary N) is 1. The van der Waals surface area contributed by atoms with Crippen molar-refractivity contribution in [2.75, 3.05) is 13.2 Å². The van der Waals surface area contributed by atoms with Crippen molar-refractivity contribution >= 4 is 5.69 Å². The molecule has 0 spiro atoms. The summed E-state index contributed by atoms with van der Waals surface area (Å²) in [4.78, 5) is 14.3. The van der Waals surface area contributed by atoms with E-state index in [1.165, 1.54) is 12.1 Å². The van der Waals surface area contributed by atoms with Gasteiger partial charge in [0, 0.05) is 24.2 Å². The van der Waals surface area contributed by atoms with Gasteiger partial charge in [-0.2, -0.15) is 4.98 Å². The predicted molar refractivity (Wildman–Crippen MR) is 65.1 cm³/mol. The molecule has 19 heavy (non-hydrogen) atoms. The van der Waals surface area contributed by atoms with Gasteiger partial charge in [-0.15, -0.1) is 0 Å². The molecule has 100 valence electrons. The smallest absolute Gasteiger partial charge is 0.270 e. The summed E-state index contributed by atoms with van der Waals surface area (Å²) in [7, 11) is 0. The number of nitro benzene ring substituents is 1. The quantitative estimate of drug-likeness (QED) is 0.471. The molecule has 0 atom stereocenters. The van der Waals surface area contributed by atoms with E-state index in [9.17, 15) is 10.1 Å². The summed E-state index contributed by atoms with van der Waals surface area (Å²) in [5.41, 5.74) is 5.77. The van der Waals surface area contributed by atoms with Crippen molar-refractivity contribution < 1.29 is 14.2 Å². The second-order valence-electron chi connectivity index (χ2n) is 3.66. The van der Waals surface area contributed by atoms with Crippen molar-refractivity contribution in [3.63, 3.8) is 0 Å². The number of hydrogen-bond donors (Lipinski definition) is 1. The Balaban J connectivity index is 2.13. The predicted octanol–water partition coefficient (Wildman–Crippen LogP) is 1.12. The molecular formula is C11H12N4O4. The van der Waals surface area contributed by atoms with Gasteiger partial charge >= 0.3 is 0 Å². The first-order chi connectivity index (χ1) is 9.20.